The topological polar surface area (TPSA) is 76.1 Å². The molecular formula is C25H32O5. The molecule has 5 nitrogen and oxygen atoms in total. The number of Topliss-reactive ketones (excluding diaryl/α,β-unsaturated/α-hetero) is 1. The monoisotopic (exact) mass is 412 g/mol. The van der Waals surface area contributed by atoms with Crippen LogP contribution in [0.5, 0.6) is 0 Å². The van der Waals surface area contributed by atoms with Crippen molar-refractivity contribution in [3.8, 4) is 0 Å². The molecule has 4 aliphatic carbocycles. The Morgan fingerprint density at radius 2 is 2.03 bits per heavy atom. The minimum atomic E-state index is -1.28. The van der Waals surface area contributed by atoms with Gasteiger partial charge < -0.3 is 14.6 Å². The van der Waals surface area contributed by atoms with Crippen LogP contribution >= 0.6 is 0 Å². The van der Waals surface area contributed by atoms with Crippen LogP contribution in [0.15, 0.2) is 35.6 Å². The first-order valence-corrected chi connectivity index (χ1v) is 11.3. The summed E-state index contributed by atoms with van der Waals surface area (Å²) in [5, 5.41) is 11.7. The van der Waals surface area contributed by atoms with Crippen molar-refractivity contribution in [3.63, 3.8) is 0 Å². The van der Waals surface area contributed by atoms with Gasteiger partial charge in [0.25, 0.3) is 0 Å². The lowest BCUT2D eigenvalue weighted by Gasteiger charge is -2.54. The number of hydrogen-bond acceptors (Lipinski definition) is 5. The average molecular weight is 413 g/mol. The summed E-state index contributed by atoms with van der Waals surface area (Å²) in [7, 11) is 0. The first-order chi connectivity index (χ1) is 14.0. The highest BCUT2D eigenvalue weighted by Crippen LogP contribution is 2.75. The van der Waals surface area contributed by atoms with Gasteiger partial charge in [0.1, 0.15) is 17.0 Å². The van der Waals surface area contributed by atoms with Gasteiger partial charge in [-0.15, -0.1) is 0 Å². The van der Waals surface area contributed by atoms with E-state index in [1.807, 2.05) is 26.0 Å². The number of esters is 1. The van der Waals surface area contributed by atoms with E-state index in [9.17, 15) is 14.7 Å². The second-order valence-corrected chi connectivity index (χ2v) is 10.5. The van der Waals surface area contributed by atoms with Gasteiger partial charge in [-0.2, -0.15) is 0 Å². The number of carbonyl (C=O) groups is 2. The van der Waals surface area contributed by atoms with E-state index in [2.05, 4.69) is 26.0 Å². The quantitative estimate of drug-likeness (QED) is 0.563. The van der Waals surface area contributed by atoms with Crippen LogP contribution in [0.4, 0.5) is 0 Å². The molecule has 1 heterocycles. The number of fused-ring (bicyclic) bond motifs is 3. The van der Waals surface area contributed by atoms with Gasteiger partial charge in [0.15, 0.2) is 5.78 Å². The molecule has 0 aromatic carbocycles. The summed E-state index contributed by atoms with van der Waals surface area (Å²) in [4.78, 5) is 24.3. The third kappa shape index (κ3) is 2.11. The molecule has 3 fully saturated rings. The molecule has 5 rings (SSSR count). The molecule has 30 heavy (non-hydrogen) atoms. The smallest absolute Gasteiger partial charge is 0.308 e. The highest BCUT2D eigenvalue weighted by Gasteiger charge is 2.81. The van der Waals surface area contributed by atoms with Crippen molar-refractivity contribution in [2.24, 2.45) is 28.6 Å². The highest BCUT2D eigenvalue weighted by molar-refractivity contribution is 5.89. The number of hydrogen-bond donors (Lipinski definition) is 1. The summed E-state index contributed by atoms with van der Waals surface area (Å²) >= 11 is 0. The highest BCUT2D eigenvalue weighted by atomic mass is 16.6. The second kappa shape index (κ2) is 5.95. The molecule has 5 aliphatic rings. The number of rotatable bonds is 3. The molecule has 0 amide bonds. The minimum absolute atomic E-state index is 0.0206. The molecule has 0 aromatic rings. The zero-order chi connectivity index (χ0) is 21.7. The van der Waals surface area contributed by atoms with Gasteiger partial charge in [-0.3, -0.25) is 9.59 Å². The zero-order valence-corrected chi connectivity index (χ0v) is 18.5. The first-order valence-electron chi connectivity index (χ1n) is 11.3. The van der Waals surface area contributed by atoms with Crippen molar-refractivity contribution in [2.45, 2.75) is 77.6 Å². The molecule has 162 valence electrons. The third-order valence-corrected chi connectivity index (χ3v) is 9.30. The predicted molar refractivity (Wildman–Crippen MR) is 111 cm³/mol. The number of ketones is 1. The summed E-state index contributed by atoms with van der Waals surface area (Å²) in [5.41, 5.74) is -1.22. The third-order valence-electron chi connectivity index (χ3n) is 9.30. The molecule has 0 aromatic heterocycles. The molecule has 8 atom stereocenters. The second-order valence-electron chi connectivity index (χ2n) is 10.5. The Kier molecular flexibility index (Phi) is 4.00. The van der Waals surface area contributed by atoms with Crippen LogP contribution in [-0.4, -0.2) is 34.2 Å². The van der Waals surface area contributed by atoms with Gasteiger partial charge >= 0.3 is 5.97 Å². The van der Waals surface area contributed by atoms with Gasteiger partial charge in [-0.05, 0) is 61.7 Å². The lowest BCUT2D eigenvalue weighted by atomic mass is 9.48. The fourth-order valence-corrected chi connectivity index (χ4v) is 7.83. The molecule has 1 saturated heterocycles. The van der Waals surface area contributed by atoms with Gasteiger partial charge in [-0.25, -0.2) is 0 Å². The van der Waals surface area contributed by atoms with Crippen molar-refractivity contribution in [1.82, 2.24) is 0 Å². The van der Waals surface area contributed by atoms with Crippen LogP contribution < -0.4 is 0 Å². The Hall–Kier alpha value is -1.72. The number of carbonyl (C=O) groups excluding carboxylic acids is 2. The van der Waals surface area contributed by atoms with E-state index in [-0.39, 0.29) is 46.6 Å². The molecular weight excluding hydrogens is 380 g/mol. The average Bonchev–Trinajstić information content (AvgIpc) is 3.37. The Labute approximate surface area is 178 Å². The Balaban J connectivity index is 1.56. The maximum atomic E-state index is 12.9. The Morgan fingerprint density at radius 1 is 1.30 bits per heavy atom. The zero-order valence-electron chi connectivity index (χ0n) is 18.5. The fraction of sp³-hybridized carbons (Fsp3) is 0.680. The standard InChI is InChI=1S/C25H32O5/c1-6-20(27)24(28)14(2)11-19-18-8-7-16-12-17(29-15(3)26)9-10-22(16,4)25(18)21(30-25)13-23(19,24)5/h7,9-10,12,14,18-19,21,28H,6,8,11,13H2,1-5H3/t14?,18?,19?,21-,22+,23+,24+,25-/m1/s1. The molecule has 0 radical (unpaired) electrons. The van der Waals surface area contributed by atoms with Crippen molar-refractivity contribution in [1.29, 1.82) is 0 Å². The summed E-state index contributed by atoms with van der Waals surface area (Å²) in [6.45, 7) is 9.64. The number of allylic oxidation sites excluding steroid dienone is 3. The van der Waals surface area contributed by atoms with Crippen LogP contribution in [-0.2, 0) is 19.1 Å². The number of aliphatic hydroxyl groups is 1. The lowest BCUT2D eigenvalue weighted by molar-refractivity contribution is -0.162. The van der Waals surface area contributed by atoms with E-state index in [1.165, 1.54) is 6.92 Å². The Morgan fingerprint density at radius 3 is 2.70 bits per heavy atom. The van der Waals surface area contributed by atoms with Crippen molar-refractivity contribution in [3.05, 3.63) is 35.6 Å². The fourth-order valence-electron chi connectivity index (χ4n) is 7.83. The van der Waals surface area contributed by atoms with Crippen molar-refractivity contribution < 1.29 is 24.2 Å². The number of epoxide rings is 1. The largest absolute Gasteiger partial charge is 0.427 e. The van der Waals surface area contributed by atoms with Gasteiger partial charge in [0, 0.05) is 24.2 Å². The maximum absolute atomic E-state index is 12.9. The van der Waals surface area contributed by atoms with Crippen LogP contribution in [0.3, 0.4) is 0 Å². The lowest BCUT2D eigenvalue weighted by Crippen LogP contribution is -2.61. The number of ether oxygens (including phenoxy) is 2. The minimum Gasteiger partial charge on any atom is -0.427 e. The van der Waals surface area contributed by atoms with E-state index < -0.39 is 11.0 Å². The maximum Gasteiger partial charge on any atom is 0.308 e. The predicted octanol–water partition coefficient (Wildman–Crippen LogP) is 3.87. The molecule has 2 saturated carbocycles. The Bertz CT molecular complexity index is 930. The summed E-state index contributed by atoms with van der Waals surface area (Å²) in [5.74, 6) is 0.646. The summed E-state index contributed by atoms with van der Waals surface area (Å²) < 4.78 is 11.9. The SMILES string of the molecule is CCC(=O)[C@@]1(O)C(C)CC2C3CC=C4C=C(OC(C)=O)C=C[C@]4(C)[C@@]34O[C@@H]4C[C@@]21C. The van der Waals surface area contributed by atoms with Crippen LogP contribution in [0.1, 0.15) is 60.3 Å². The van der Waals surface area contributed by atoms with Crippen molar-refractivity contribution >= 4 is 11.8 Å². The van der Waals surface area contributed by atoms with E-state index in [4.69, 9.17) is 9.47 Å². The van der Waals surface area contributed by atoms with Gasteiger partial charge in [-0.1, -0.05) is 32.9 Å². The van der Waals surface area contributed by atoms with Gasteiger partial charge in [0.05, 0.1) is 6.10 Å². The molecule has 5 heteroatoms. The molecule has 1 spiro atoms. The summed E-state index contributed by atoms with van der Waals surface area (Å²) in [6, 6.07) is 0. The van der Waals surface area contributed by atoms with E-state index in [0.29, 0.717) is 18.6 Å². The van der Waals surface area contributed by atoms with Crippen LogP contribution in [0, 0.1) is 28.6 Å². The van der Waals surface area contributed by atoms with Crippen LogP contribution in [0.2, 0.25) is 0 Å². The first kappa shape index (κ1) is 20.2. The normalized spacial score (nSPS) is 50.3. The van der Waals surface area contributed by atoms with Gasteiger partial charge in [0.2, 0.25) is 0 Å². The van der Waals surface area contributed by atoms with Crippen LogP contribution in [0.25, 0.3) is 0 Å². The summed E-state index contributed by atoms with van der Waals surface area (Å²) in [6.07, 6.45) is 11.0. The molecule has 1 N–H and O–H groups in total. The van der Waals surface area contributed by atoms with E-state index >= 15 is 0 Å². The van der Waals surface area contributed by atoms with E-state index in [1.54, 1.807) is 0 Å². The molecule has 1 aliphatic heterocycles. The molecule has 3 unspecified atom stereocenters. The van der Waals surface area contributed by atoms with Crippen molar-refractivity contribution in [2.75, 3.05) is 0 Å². The molecule has 0 bridgehead atoms. The van der Waals surface area contributed by atoms with E-state index in [0.717, 1.165) is 18.4 Å².